The molecule has 1 aliphatic heterocycles. The van der Waals surface area contributed by atoms with E-state index in [0.29, 0.717) is 11.5 Å². The Balaban J connectivity index is 2.13. The third kappa shape index (κ3) is 3.29. The summed E-state index contributed by atoms with van der Waals surface area (Å²) in [6, 6.07) is 4.56. The van der Waals surface area contributed by atoms with Crippen LogP contribution >= 0.6 is 11.6 Å². The minimum absolute atomic E-state index is 0.0484. The van der Waals surface area contributed by atoms with Gasteiger partial charge in [0.25, 0.3) is 5.91 Å². The van der Waals surface area contributed by atoms with Gasteiger partial charge in [-0.3, -0.25) is 4.79 Å². The number of carbonyl (C=O) groups excluding carboxylic acids is 1. The fourth-order valence-corrected chi connectivity index (χ4v) is 2.54. The molecule has 0 aromatic heterocycles. The maximum Gasteiger partial charge on any atom is 0.489 e. The summed E-state index contributed by atoms with van der Waals surface area (Å²) in [5, 5.41) is 18.4. The number of benzene rings is 1. The smallest absolute Gasteiger partial charge is 0.423 e. The highest BCUT2D eigenvalue weighted by molar-refractivity contribution is 6.62. The number of rotatable bonds is 2. The lowest BCUT2D eigenvalue weighted by molar-refractivity contribution is 0.0697. The van der Waals surface area contributed by atoms with Crippen LogP contribution in [-0.4, -0.2) is 41.1 Å². The molecule has 2 N–H and O–H groups in total. The summed E-state index contributed by atoms with van der Waals surface area (Å²) < 4.78 is 0. The van der Waals surface area contributed by atoms with Crippen LogP contribution < -0.4 is 5.46 Å². The monoisotopic (exact) mass is 281 g/mol. The lowest BCUT2D eigenvalue weighted by Crippen LogP contribution is -2.38. The van der Waals surface area contributed by atoms with Crippen molar-refractivity contribution < 1.29 is 14.8 Å². The van der Waals surface area contributed by atoms with Crippen molar-refractivity contribution in [2.24, 2.45) is 5.92 Å². The third-order valence-electron chi connectivity index (χ3n) is 3.60. The Morgan fingerprint density at radius 3 is 2.53 bits per heavy atom. The van der Waals surface area contributed by atoms with Crippen molar-refractivity contribution in [1.82, 2.24) is 4.90 Å². The Kier molecular flexibility index (Phi) is 4.50. The number of halogens is 1. The highest BCUT2D eigenvalue weighted by atomic mass is 35.5. The standard InChI is InChI=1S/C13H17BClNO3/c1-9-4-6-16(7-5-9)13(17)10-2-3-11(14(18)19)12(15)8-10/h2-3,8-9,18-19H,4-7H2,1H3. The van der Waals surface area contributed by atoms with Gasteiger partial charge in [0, 0.05) is 29.1 Å². The number of likely N-dealkylation sites (tertiary alicyclic amines) is 1. The van der Waals surface area contributed by atoms with Crippen molar-refractivity contribution in [1.29, 1.82) is 0 Å². The normalized spacial score (nSPS) is 16.5. The first-order valence-electron chi connectivity index (χ1n) is 6.44. The topological polar surface area (TPSA) is 60.8 Å². The Morgan fingerprint density at radius 2 is 2.00 bits per heavy atom. The van der Waals surface area contributed by atoms with Gasteiger partial charge in [0.05, 0.1) is 0 Å². The molecule has 0 bridgehead atoms. The zero-order valence-electron chi connectivity index (χ0n) is 10.8. The van der Waals surface area contributed by atoms with Gasteiger partial charge in [-0.05, 0) is 30.9 Å². The number of nitrogens with zero attached hydrogens (tertiary/aromatic N) is 1. The average Bonchev–Trinajstić information content (AvgIpc) is 2.38. The molecule has 0 unspecified atom stereocenters. The van der Waals surface area contributed by atoms with E-state index in [1.807, 2.05) is 4.90 Å². The molecular weight excluding hydrogens is 264 g/mol. The second kappa shape index (κ2) is 5.95. The molecule has 1 amide bonds. The molecule has 102 valence electrons. The fourth-order valence-electron chi connectivity index (χ4n) is 2.26. The minimum Gasteiger partial charge on any atom is -0.423 e. The summed E-state index contributed by atoms with van der Waals surface area (Å²) in [7, 11) is -1.62. The van der Waals surface area contributed by atoms with E-state index in [9.17, 15) is 4.79 Å². The maximum atomic E-state index is 12.3. The van der Waals surface area contributed by atoms with Gasteiger partial charge in [-0.2, -0.15) is 0 Å². The predicted molar refractivity (Wildman–Crippen MR) is 75.6 cm³/mol. The second-order valence-corrected chi connectivity index (χ2v) is 5.49. The van der Waals surface area contributed by atoms with Crippen molar-refractivity contribution >= 4 is 30.1 Å². The van der Waals surface area contributed by atoms with Gasteiger partial charge in [-0.15, -0.1) is 0 Å². The van der Waals surface area contributed by atoms with E-state index < -0.39 is 7.12 Å². The van der Waals surface area contributed by atoms with Gasteiger partial charge in [0.15, 0.2) is 0 Å². The SMILES string of the molecule is CC1CCN(C(=O)c2ccc(B(O)O)c(Cl)c2)CC1. The van der Waals surface area contributed by atoms with E-state index in [2.05, 4.69) is 6.92 Å². The molecule has 2 rings (SSSR count). The predicted octanol–water partition coefficient (Wildman–Crippen LogP) is 0.892. The summed E-state index contributed by atoms with van der Waals surface area (Å²) in [6.45, 7) is 3.72. The van der Waals surface area contributed by atoms with E-state index in [1.54, 1.807) is 6.07 Å². The number of carbonyl (C=O) groups is 1. The van der Waals surface area contributed by atoms with Crippen LogP contribution in [0.1, 0.15) is 30.1 Å². The summed E-state index contributed by atoms with van der Waals surface area (Å²) in [5.41, 5.74) is 0.703. The summed E-state index contributed by atoms with van der Waals surface area (Å²) >= 11 is 5.94. The van der Waals surface area contributed by atoms with Crippen LogP contribution in [0.3, 0.4) is 0 Å². The minimum atomic E-state index is -1.62. The summed E-state index contributed by atoms with van der Waals surface area (Å²) in [5.74, 6) is 0.618. The molecule has 0 radical (unpaired) electrons. The van der Waals surface area contributed by atoms with Crippen molar-refractivity contribution in [3.63, 3.8) is 0 Å². The molecule has 0 atom stereocenters. The Bertz CT molecular complexity index is 473. The van der Waals surface area contributed by atoms with Gasteiger partial charge >= 0.3 is 7.12 Å². The molecule has 4 nitrogen and oxygen atoms in total. The van der Waals surface area contributed by atoms with Crippen molar-refractivity contribution in [3.8, 4) is 0 Å². The van der Waals surface area contributed by atoms with E-state index in [4.69, 9.17) is 21.6 Å². The maximum absolute atomic E-state index is 12.3. The van der Waals surface area contributed by atoms with Gasteiger partial charge < -0.3 is 14.9 Å². The molecule has 1 heterocycles. The number of hydrogen-bond donors (Lipinski definition) is 2. The van der Waals surface area contributed by atoms with E-state index in [0.717, 1.165) is 25.9 Å². The first-order valence-corrected chi connectivity index (χ1v) is 6.81. The molecule has 1 saturated heterocycles. The molecule has 19 heavy (non-hydrogen) atoms. The van der Waals surface area contributed by atoms with Gasteiger partial charge in [-0.25, -0.2) is 0 Å². The first kappa shape index (κ1) is 14.4. The molecule has 1 aliphatic rings. The van der Waals surface area contributed by atoms with Crippen molar-refractivity contribution in [2.75, 3.05) is 13.1 Å². The van der Waals surface area contributed by atoms with Crippen LogP contribution in [0, 0.1) is 5.92 Å². The highest BCUT2D eigenvalue weighted by Gasteiger charge is 2.23. The molecule has 0 saturated carbocycles. The summed E-state index contributed by atoms with van der Waals surface area (Å²) in [4.78, 5) is 14.1. The van der Waals surface area contributed by atoms with E-state index in [-0.39, 0.29) is 16.4 Å². The van der Waals surface area contributed by atoms with Crippen LogP contribution in [-0.2, 0) is 0 Å². The van der Waals surface area contributed by atoms with Gasteiger partial charge in [-0.1, -0.05) is 24.6 Å². The van der Waals surface area contributed by atoms with Crippen LogP contribution in [0.15, 0.2) is 18.2 Å². The third-order valence-corrected chi connectivity index (χ3v) is 3.92. The molecule has 1 fully saturated rings. The highest BCUT2D eigenvalue weighted by Crippen LogP contribution is 2.19. The van der Waals surface area contributed by atoms with Gasteiger partial charge in [0.1, 0.15) is 0 Å². The Morgan fingerprint density at radius 1 is 1.37 bits per heavy atom. The molecule has 0 aliphatic carbocycles. The van der Waals surface area contributed by atoms with Crippen molar-refractivity contribution in [2.45, 2.75) is 19.8 Å². The molecule has 1 aromatic rings. The first-order chi connectivity index (χ1) is 8.99. The van der Waals surface area contributed by atoms with Crippen LogP contribution in [0.2, 0.25) is 5.02 Å². The van der Waals surface area contributed by atoms with E-state index >= 15 is 0 Å². The fraction of sp³-hybridized carbons (Fsp3) is 0.462. The Labute approximate surface area is 118 Å². The zero-order chi connectivity index (χ0) is 14.0. The number of amides is 1. The second-order valence-electron chi connectivity index (χ2n) is 5.08. The largest absolute Gasteiger partial charge is 0.489 e. The lowest BCUT2D eigenvalue weighted by Gasteiger charge is -2.30. The van der Waals surface area contributed by atoms with Crippen LogP contribution in [0.25, 0.3) is 0 Å². The number of piperidine rings is 1. The van der Waals surface area contributed by atoms with Crippen LogP contribution in [0.5, 0.6) is 0 Å². The van der Waals surface area contributed by atoms with Gasteiger partial charge in [0.2, 0.25) is 0 Å². The number of hydrogen-bond acceptors (Lipinski definition) is 3. The van der Waals surface area contributed by atoms with Crippen LogP contribution in [0.4, 0.5) is 0 Å². The van der Waals surface area contributed by atoms with Crippen molar-refractivity contribution in [3.05, 3.63) is 28.8 Å². The zero-order valence-corrected chi connectivity index (χ0v) is 11.6. The summed E-state index contributed by atoms with van der Waals surface area (Å²) in [6.07, 6.45) is 2.04. The molecule has 0 spiro atoms. The quantitative estimate of drug-likeness (QED) is 0.792. The molecule has 1 aromatic carbocycles. The van der Waals surface area contributed by atoms with E-state index in [1.165, 1.54) is 12.1 Å². The molecule has 6 heteroatoms. The average molecular weight is 282 g/mol. The lowest BCUT2D eigenvalue weighted by atomic mass is 9.80. The molecular formula is C13H17BClNO3. The Hall–Kier alpha value is -1.04.